The average molecular weight is 197 g/mol. The van der Waals surface area contributed by atoms with Crippen LogP contribution >= 0.6 is 0 Å². The van der Waals surface area contributed by atoms with E-state index in [0.29, 0.717) is 0 Å². The predicted octanol–water partition coefficient (Wildman–Crippen LogP) is -1.69. The van der Waals surface area contributed by atoms with Gasteiger partial charge in [0.15, 0.2) is 0 Å². The van der Waals surface area contributed by atoms with Crippen molar-refractivity contribution < 1.29 is 9.59 Å². The van der Waals surface area contributed by atoms with E-state index in [2.05, 4.69) is 20.6 Å². The van der Waals surface area contributed by atoms with E-state index < -0.39 is 11.8 Å². The van der Waals surface area contributed by atoms with E-state index in [1.165, 1.54) is 0 Å². The molecule has 0 aromatic heterocycles. The van der Waals surface area contributed by atoms with Crippen LogP contribution in [0.4, 0.5) is 0 Å². The van der Waals surface area contributed by atoms with Crippen LogP contribution in [0.2, 0.25) is 0 Å². The number of hydrogen-bond donors (Lipinski definition) is 3. The first-order valence-corrected chi connectivity index (χ1v) is 4.03. The second-order valence-corrected chi connectivity index (χ2v) is 2.95. The first-order chi connectivity index (χ1) is 6.49. The Morgan fingerprint density at radius 1 is 1.29 bits per heavy atom. The highest BCUT2D eigenvalue weighted by Gasteiger charge is 2.25. The monoisotopic (exact) mass is 197 g/mol. The van der Waals surface area contributed by atoms with Crippen molar-refractivity contribution in [3.63, 3.8) is 0 Å². The Labute approximate surface area is 80.5 Å². The van der Waals surface area contributed by atoms with E-state index in [9.17, 15) is 9.59 Å². The van der Waals surface area contributed by atoms with Crippen LogP contribution in [0.1, 0.15) is 13.8 Å². The average Bonchev–Trinajstić information content (AvgIpc) is 2.28. The number of rotatable bonds is 1. The van der Waals surface area contributed by atoms with Gasteiger partial charge >= 0.3 is 11.8 Å². The fraction of sp³-hybridized carbons (Fsp3) is 0.429. The largest absolute Gasteiger partial charge is 0.368 e. The lowest BCUT2D eigenvalue weighted by Gasteiger charge is -1.98. The van der Waals surface area contributed by atoms with Gasteiger partial charge in [-0.25, -0.2) is 4.99 Å². The third-order valence-corrected chi connectivity index (χ3v) is 1.29. The normalized spacial score (nSPS) is 17.1. The van der Waals surface area contributed by atoms with Gasteiger partial charge in [0.05, 0.1) is 0 Å². The molecule has 2 amide bonds. The van der Waals surface area contributed by atoms with Gasteiger partial charge in [-0.2, -0.15) is 4.99 Å². The number of nitrogens with two attached hydrogens (primary N) is 1. The van der Waals surface area contributed by atoms with Gasteiger partial charge in [0.2, 0.25) is 11.9 Å². The summed E-state index contributed by atoms with van der Waals surface area (Å²) in [5.74, 6) is -1.47. The van der Waals surface area contributed by atoms with Crippen LogP contribution in [0.3, 0.4) is 0 Å². The van der Waals surface area contributed by atoms with E-state index in [4.69, 9.17) is 5.73 Å². The molecule has 1 rings (SSSR count). The molecule has 0 radical (unpaired) electrons. The topological polar surface area (TPSA) is 109 Å². The van der Waals surface area contributed by atoms with Crippen molar-refractivity contribution in [2.45, 2.75) is 19.9 Å². The number of guanidine groups is 2. The molecule has 4 N–H and O–H groups in total. The summed E-state index contributed by atoms with van der Waals surface area (Å²) in [4.78, 5) is 29.0. The molecule has 76 valence electrons. The molecule has 0 aromatic carbocycles. The summed E-state index contributed by atoms with van der Waals surface area (Å²) in [7, 11) is 0. The highest BCUT2D eigenvalue weighted by Crippen LogP contribution is 1.88. The van der Waals surface area contributed by atoms with E-state index in [1.54, 1.807) is 0 Å². The van der Waals surface area contributed by atoms with E-state index in [1.807, 2.05) is 13.8 Å². The summed E-state index contributed by atoms with van der Waals surface area (Å²) in [5, 5.41) is 4.39. The molecule has 1 aliphatic rings. The highest BCUT2D eigenvalue weighted by molar-refractivity contribution is 6.45. The molecule has 0 aliphatic carbocycles. The molecule has 0 unspecified atom stereocenters. The molecule has 1 fully saturated rings. The molecular formula is C7H11N5O2. The Hall–Kier alpha value is -1.92. The lowest BCUT2D eigenvalue weighted by atomic mass is 10.4. The van der Waals surface area contributed by atoms with Crippen molar-refractivity contribution in [1.82, 2.24) is 10.6 Å². The zero-order valence-corrected chi connectivity index (χ0v) is 7.87. The van der Waals surface area contributed by atoms with Gasteiger partial charge in [0.1, 0.15) is 0 Å². The Bertz CT molecular complexity index is 313. The summed E-state index contributed by atoms with van der Waals surface area (Å²) in [6.07, 6.45) is 0. The van der Waals surface area contributed by atoms with Crippen LogP contribution in [-0.4, -0.2) is 29.8 Å². The predicted molar refractivity (Wildman–Crippen MR) is 50.5 cm³/mol. The molecule has 1 heterocycles. The standard InChI is InChI=1S/C7H11N5O2/c1-3(2)9-6(8)12-7-10-4(13)5(14)11-7/h3H,1-2H3,(H4,8,9,10,11,12,13,14). The molecule has 14 heavy (non-hydrogen) atoms. The Kier molecular flexibility index (Phi) is 2.80. The van der Waals surface area contributed by atoms with Crippen LogP contribution in [0.25, 0.3) is 0 Å². The third kappa shape index (κ3) is 2.54. The van der Waals surface area contributed by atoms with Crippen molar-refractivity contribution in [2.24, 2.45) is 15.7 Å². The van der Waals surface area contributed by atoms with Crippen LogP contribution in [-0.2, 0) is 9.59 Å². The smallest absolute Gasteiger partial charge is 0.316 e. The maximum atomic E-state index is 10.7. The second-order valence-electron chi connectivity index (χ2n) is 2.95. The zero-order chi connectivity index (χ0) is 10.7. The van der Waals surface area contributed by atoms with Crippen LogP contribution in [0, 0.1) is 0 Å². The zero-order valence-electron chi connectivity index (χ0n) is 7.87. The highest BCUT2D eigenvalue weighted by atomic mass is 16.2. The maximum Gasteiger partial charge on any atom is 0.316 e. The summed E-state index contributed by atoms with van der Waals surface area (Å²) >= 11 is 0. The fourth-order valence-corrected chi connectivity index (χ4v) is 0.824. The quantitative estimate of drug-likeness (QED) is 0.265. The SMILES string of the molecule is CC(C)N=C(N)N=C1NC(=O)C(=O)N1. The number of carbonyl (C=O) groups excluding carboxylic acids is 2. The van der Waals surface area contributed by atoms with Crippen LogP contribution in [0.5, 0.6) is 0 Å². The van der Waals surface area contributed by atoms with Crippen molar-refractivity contribution in [2.75, 3.05) is 0 Å². The number of amides is 2. The molecule has 1 aliphatic heterocycles. The summed E-state index contributed by atoms with van der Waals surface area (Å²) in [6, 6.07) is 0.00663. The number of aliphatic imine (C=N–C) groups is 2. The van der Waals surface area contributed by atoms with Gasteiger partial charge in [0, 0.05) is 6.04 Å². The summed E-state index contributed by atoms with van der Waals surface area (Å²) in [5.41, 5.74) is 5.41. The summed E-state index contributed by atoms with van der Waals surface area (Å²) in [6.45, 7) is 3.66. The second kappa shape index (κ2) is 3.86. The first kappa shape index (κ1) is 10.2. The molecule has 0 spiro atoms. The van der Waals surface area contributed by atoms with Gasteiger partial charge in [0.25, 0.3) is 0 Å². The van der Waals surface area contributed by atoms with Crippen molar-refractivity contribution in [1.29, 1.82) is 0 Å². The van der Waals surface area contributed by atoms with E-state index >= 15 is 0 Å². The van der Waals surface area contributed by atoms with Crippen LogP contribution < -0.4 is 16.4 Å². The minimum atomic E-state index is -0.749. The van der Waals surface area contributed by atoms with E-state index in [0.717, 1.165) is 0 Å². The van der Waals surface area contributed by atoms with Crippen LogP contribution in [0.15, 0.2) is 9.98 Å². The van der Waals surface area contributed by atoms with E-state index in [-0.39, 0.29) is 18.0 Å². The molecule has 0 saturated carbocycles. The number of hydrogen-bond acceptors (Lipinski definition) is 3. The molecular weight excluding hydrogens is 186 g/mol. The molecule has 0 bridgehead atoms. The molecule has 0 aromatic rings. The number of nitrogens with zero attached hydrogens (tertiary/aromatic N) is 2. The molecule has 1 saturated heterocycles. The lowest BCUT2D eigenvalue weighted by molar-refractivity contribution is -0.135. The molecule has 7 nitrogen and oxygen atoms in total. The molecule has 7 heteroatoms. The number of nitrogens with one attached hydrogen (secondary N) is 2. The first-order valence-electron chi connectivity index (χ1n) is 4.03. The Morgan fingerprint density at radius 2 is 1.79 bits per heavy atom. The minimum Gasteiger partial charge on any atom is -0.368 e. The summed E-state index contributed by atoms with van der Waals surface area (Å²) < 4.78 is 0. The third-order valence-electron chi connectivity index (χ3n) is 1.29. The van der Waals surface area contributed by atoms with Gasteiger partial charge in [-0.1, -0.05) is 0 Å². The minimum absolute atomic E-state index is 0.00663. The van der Waals surface area contributed by atoms with Gasteiger partial charge in [-0.05, 0) is 13.8 Å². The Balaban J connectivity index is 2.71. The fourth-order valence-electron chi connectivity index (χ4n) is 0.824. The van der Waals surface area contributed by atoms with Gasteiger partial charge in [-0.3, -0.25) is 20.2 Å². The number of carbonyl (C=O) groups is 2. The molecule has 0 atom stereocenters. The van der Waals surface area contributed by atoms with Gasteiger partial charge in [-0.15, -0.1) is 0 Å². The maximum absolute atomic E-state index is 10.7. The van der Waals surface area contributed by atoms with Gasteiger partial charge < -0.3 is 5.73 Å². The lowest BCUT2D eigenvalue weighted by Crippen LogP contribution is -2.28. The van der Waals surface area contributed by atoms with Crippen molar-refractivity contribution >= 4 is 23.7 Å². The van der Waals surface area contributed by atoms with Crippen molar-refractivity contribution in [3.05, 3.63) is 0 Å². The van der Waals surface area contributed by atoms with Crippen molar-refractivity contribution in [3.8, 4) is 0 Å². The Morgan fingerprint density at radius 3 is 2.21 bits per heavy atom.